The Balaban J connectivity index is 1.48. The smallest absolute Gasteiger partial charge is 0.340 e. The zero-order chi connectivity index (χ0) is 19.7. The first-order valence-corrected chi connectivity index (χ1v) is 9.10. The normalized spacial score (nSPS) is 11.0. The number of aromatic nitrogens is 4. The lowest BCUT2D eigenvalue weighted by molar-refractivity contribution is 0.0472. The summed E-state index contributed by atoms with van der Waals surface area (Å²) in [6.07, 6.45) is 1.48. The van der Waals surface area contributed by atoms with Crippen LogP contribution < -0.4 is 0 Å². The molecule has 0 amide bonds. The van der Waals surface area contributed by atoms with Crippen LogP contribution in [0, 0.1) is 13.8 Å². The molecule has 0 bridgehead atoms. The maximum Gasteiger partial charge on any atom is 0.340 e. The molecule has 7 heteroatoms. The van der Waals surface area contributed by atoms with Crippen LogP contribution in [0.1, 0.15) is 27.3 Å². The quantitative estimate of drug-likeness (QED) is 0.379. The highest BCUT2D eigenvalue weighted by atomic mass is 35.5. The third-order valence-corrected chi connectivity index (χ3v) is 4.65. The largest absolute Gasteiger partial charge is 0.457 e. The van der Waals surface area contributed by atoms with Crippen LogP contribution in [0.25, 0.3) is 16.7 Å². The Kier molecular flexibility index (Phi) is 4.79. The molecule has 4 aromatic rings. The number of benzene rings is 1. The van der Waals surface area contributed by atoms with Gasteiger partial charge in [-0.3, -0.25) is 0 Å². The molecule has 0 spiro atoms. The van der Waals surface area contributed by atoms with Gasteiger partial charge < -0.3 is 4.74 Å². The summed E-state index contributed by atoms with van der Waals surface area (Å²) < 4.78 is 7.12. The van der Waals surface area contributed by atoms with Crippen molar-refractivity contribution in [1.29, 1.82) is 0 Å². The molecule has 4 rings (SSSR count). The number of esters is 1. The van der Waals surface area contributed by atoms with Crippen molar-refractivity contribution in [3.05, 3.63) is 82.4 Å². The first-order chi connectivity index (χ1) is 13.5. The number of carbonyl (C=O) groups excluding carboxylic acids is 1. The molecule has 0 atom stereocenters. The molecule has 0 N–H and O–H groups in total. The summed E-state index contributed by atoms with van der Waals surface area (Å²) in [5.41, 5.74) is 3.69. The van der Waals surface area contributed by atoms with Crippen molar-refractivity contribution in [2.45, 2.75) is 20.5 Å². The first kappa shape index (κ1) is 18.1. The van der Waals surface area contributed by atoms with Gasteiger partial charge in [-0.1, -0.05) is 29.8 Å². The maximum atomic E-state index is 12.4. The molecular formula is C21H17ClN4O2. The van der Waals surface area contributed by atoms with E-state index in [4.69, 9.17) is 16.3 Å². The Morgan fingerprint density at radius 3 is 2.68 bits per heavy atom. The van der Waals surface area contributed by atoms with E-state index in [9.17, 15) is 4.79 Å². The molecule has 3 heterocycles. The Hall–Kier alpha value is -3.25. The molecule has 3 aromatic heterocycles. The van der Waals surface area contributed by atoms with E-state index in [1.807, 2.05) is 50.2 Å². The topological polar surface area (TPSA) is 69.9 Å². The zero-order valence-corrected chi connectivity index (χ0v) is 16.1. The second kappa shape index (κ2) is 7.40. The fraction of sp³-hybridized carbons (Fsp3) is 0.143. The van der Waals surface area contributed by atoms with Crippen LogP contribution in [0.5, 0.6) is 0 Å². The van der Waals surface area contributed by atoms with Crippen LogP contribution in [0.2, 0.25) is 5.15 Å². The Morgan fingerprint density at radius 1 is 1.14 bits per heavy atom. The van der Waals surface area contributed by atoms with E-state index in [0.29, 0.717) is 22.1 Å². The number of aryl methyl sites for hydroxylation is 2. The van der Waals surface area contributed by atoms with E-state index >= 15 is 0 Å². The number of ether oxygens (including phenoxy) is 1. The molecule has 0 saturated carbocycles. The van der Waals surface area contributed by atoms with Gasteiger partial charge in [-0.25, -0.2) is 19.4 Å². The van der Waals surface area contributed by atoms with Gasteiger partial charge in [0.15, 0.2) is 5.82 Å². The Morgan fingerprint density at radius 2 is 1.96 bits per heavy atom. The zero-order valence-electron chi connectivity index (χ0n) is 15.4. The number of pyridine rings is 2. The van der Waals surface area contributed by atoms with Crippen molar-refractivity contribution in [3.8, 4) is 5.82 Å². The molecule has 0 aliphatic heterocycles. The second-order valence-electron chi connectivity index (χ2n) is 6.45. The Bertz CT molecular complexity index is 1170. The monoisotopic (exact) mass is 392 g/mol. The minimum absolute atomic E-state index is 0.0364. The van der Waals surface area contributed by atoms with E-state index in [2.05, 4.69) is 15.1 Å². The molecule has 0 aliphatic rings. The third-order valence-electron chi connectivity index (χ3n) is 4.32. The summed E-state index contributed by atoms with van der Waals surface area (Å²) in [4.78, 5) is 21.0. The second-order valence-corrected chi connectivity index (χ2v) is 6.81. The summed E-state index contributed by atoms with van der Waals surface area (Å²) in [7, 11) is 0. The van der Waals surface area contributed by atoms with E-state index in [-0.39, 0.29) is 6.61 Å². The van der Waals surface area contributed by atoms with E-state index in [1.54, 1.807) is 16.8 Å². The number of carbonyl (C=O) groups is 1. The number of fused-ring (bicyclic) bond motifs is 1. The summed E-state index contributed by atoms with van der Waals surface area (Å²) in [5, 5.41) is 5.64. The van der Waals surface area contributed by atoms with Gasteiger partial charge in [0.2, 0.25) is 0 Å². The number of hydrogen-bond donors (Lipinski definition) is 0. The van der Waals surface area contributed by atoms with Gasteiger partial charge in [-0.2, -0.15) is 5.10 Å². The molecule has 0 fully saturated rings. The number of para-hydroxylation sites is 1. The molecule has 140 valence electrons. The molecule has 0 radical (unpaired) electrons. The minimum atomic E-state index is -0.475. The van der Waals surface area contributed by atoms with Gasteiger partial charge in [-0.05, 0) is 44.2 Å². The number of rotatable bonds is 4. The van der Waals surface area contributed by atoms with E-state index in [0.717, 1.165) is 22.3 Å². The average Bonchev–Trinajstić information content (AvgIpc) is 3.04. The van der Waals surface area contributed by atoms with Gasteiger partial charge in [0.1, 0.15) is 11.8 Å². The molecule has 0 saturated heterocycles. The van der Waals surface area contributed by atoms with Crippen LogP contribution >= 0.6 is 11.6 Å². The maximum absolute atomic E-state index is 12.4. The lowest BCUT2D eigenvalue weighted by Crippen LogP contribution is -2.08. The van der Waals surface area contributed by atoms with Crippen molar-refractivity contribution in [3.63, 3.8) is 0 Å². The van der Waals surface area contributed by atoms with Crippen molar-refractivity contribution in [1.82, 2.24) is 19.7 Å². The predicted octanol–water partition coefficient (Wildman–Crippen LogP) is 4.44. The molecule has 0 aliphatic carbocycles. The average molecular weight is 393 g/mol. The fourth-order valence-electron chi connectivity index (χ4n) is 2.96. The lowest BCUT2D eigenvalue weighted by atomic mass is 10.2. The van der Waals surface area contributed by atoms with Gasteiger partial charge in [0.05, 0.1) is 16.8 Å². The number of hydrogen-bond acceptors (Lipinski definition) is 5. The van der Waals surface area contributed by atoms with Gasteiger partial charge in [0, 0.05) is 22.8 Å². The van der Waals surface area contributed by atoms with Crippen LogP contribution in [0.3, 0.4) is 0 Å². The van der Waals surface area contributed by atoms with Gasteiger partial charge in [0.25, 0.3) is 0 Å². The first-order valence-electron chi connectivity index (χ1n) is 8.72. The summed E-state index contributed by atoms with van der Waals surface area (Å²) >= 11 is 6.21. The molecule has 6 nitrogen and oxygen atoms in total. The van der Waals surface area contributed by atoms with Crippen molar-refractivity contribution < 1.29 is 9.53 Å². The standard InChI is InChI=1S/C21H17ClN4O2/c1-13-9-14(2)26(25-13)19-8-7-16(11-23-19)21(27)28-12-17-10-15-5-3-4-6-18(15)24-20(17)22/h3-11H,12H2,1-2H3. The highest BCUT2D eigenvalue weighted by molar-refractivity contribution is 6.30. The fourth-order valence-corrected chi connectivity index (χ4v) is 3.16. The lowest BCUT2D eigenvalue weighted by Gasteiger charge is -2.08. The van der Waals surface area contributed by atoms with Crippen LogP contribution in [-0.4, -0.2) is 25.7 Å². The SMILES string of the molecule is Cc1cc(C)n(-c2ccc(C(=O)OCc3cc4ccccc4nc3Cl)cn2)n1. The predicted molar refractivity (Wildman–Crippen MR) is 107 cm³/mol. The Labute approximate surface area is 166 Å². The van der Waals surface area contributed by atoms with Crippen LogP contribution in [0.4, 0.5) is 0 Å². The van der Waals surface area contributed by atoms with Gasteiger partial charge in [-0.15, -0.1) is 0 Å². The molecular weight excluding hydrogens is 376 g/mol. The summed E-state index contributed by atoms with van der Waals surface area (Å²) in [6, 6.07) is 14.9. The van der Waals surface area contributed by atoms with Crippen molar-refractivity contribution in [2.24, 2.45) is 0 Å². The molecule has 28 heavy (non-hydrogen) atoms. The van der Waals surface area contributed by atoms with Crippen molar-refractivity contribution >= 4 is 28.5 Å². The number of nitrogens with zero attached hydrogens (tertiary/aromatic N) is 4. The molecule has 0 unspecified atom stereocenters. The minimum Gasteiger partial charge on any atom is -0.457 e. The highest BCUT2D eigenvalue weighted by Gasteiger charge is 2.12. The third kappa shape index (κ3) is 3.59. The van der Waals surface area contributed by atoms with Crippen molar-refractivity contribution in [2.75, 3.05) is 0 Å². The van der Waals surface area contributed by atoms with E-state index in [1.165, 1.54) is 6.20 Å². The van der Waals surface area contributed by atoms with Crippen LogP contribution in [-0.2, 0) is 11.3 Å². The molecule has 1 aromatic carbocycles. The van der Waals surface area contributed by atoms with E-state index < -0.39 is 5.97 Å². The van der Waals surface area contributed by atoms with Crippen LogP contribution in [0.15, 0.2) is 54.7 Å². The highest BCUT2D eigenvalue weighted by Crippen LogP contribution is 2.21. The van der Waals surface area contributed by atoms with Gasteiger partial charge >= 0.3 is 5.97 Å². The summed E-state index contributed by atoms with van der Waals surface area (Å²) in [5.74, 6) is 0.167. The summed E-state index contributed by atoms with van der Waals surface area (Å²) in [6.45, 7) is 3.90. The number of halogens is 1.